The van der Waals surface area contributed by atoms with Crippen LogP contribution in [0.15, 0.2) is 34.8 Å². The number of rotatable bonds is 4. The third kappa shape index (κ3) is 3.69. The first kappa shape index (κ1) is 19.3. The number of hydrogen-bond acceptors (Lipinski definition) is 3. The number of benzene rings is 2. The van der Waals surface area contributed by atoms with Crippen LogP contribution in [0.5, 0.6) is 5.75 Å². The zero-order chi connectivity index (χ0) is 19.9. The van der Waals surface area contributed by atoms with E-state index in [-0.39, 0.29) is 5.82 Å². The molecule has 0 fully saturated rings. The molecule has 0 saturated carbocycles. The molecular weight excluding hydrogens is 430 g/mol. The Bertz CT molecular complexity index is 997. The van der Waals surface area contributed by atoms with Gasteiger partial charge in [-0.15, -0.1) is 10.2 Å². The second kappa shape index (κ2) is 6.95. The van der Waals surface area contributed by atoms with Crippen LogP contribution in [0.2, 0.25) is 0 Å². The highest BCUT2D eigenvalue weighted by atomic mass is 79.9. The van der Waals surface area contributed by atoms with Gasteiger partial charge >= 0.3 is 0 Å². The Morgan fingerprint density at radius 1 is 0.963 bits per heavy atom. The van der Waals surface area contributed by atoms with Crippen molar-refractivity contribution < 1.29 is 22.3 Å². The molecule has 0 aliphatic heterocycles. The quantitative estimate of drug-likeness (QED) is 0.525. The van der Waals surface area contributed by atoms with Crippen LogP contribution in [0.25, 0.3) is 11.4 Å². The largest absolute Gasteiger partial charge is 0.474 e. The zero-order valence-electron chi connectivity index (χ0n) is 14.5. The van der Waals surface area contributed by atoms with E-state index >= 15 is 0 Å². The Balaban J connectivity index is 2.00. The molecule has 1 aromatic heterocycles. The van der Waals surface area contributed by atoms with E-state index in [1.807, 2.05) is 0 Å². The maximum Gasteiger partial charge on any atom is 0.192 e. The molecule has 0 saturated heterocycles. The highest BCUT2D eigenvalue weighted by Crippen LogP contribution is 2.34. The van der Waals surface area contributed by atoms with Crippen LogP contribution >= 0.6 is 15.9 Å². The molecule has 0 spiro atoms. The molecule has 1 heterocycles. The van der Waals surface area contributed by atoms with Gasteiger partial charge in [0.1, 0.15) is 11.6 Å². The van der Waals surface area contributed by atoms with Crippen LogP contribution in [-0.2, 0) is 12.6 Å². The summed E-state index contributed by atoms with van der Waals surface area (Å²) < 4.78 is 61.8. The first-order valence-electron chi connectivity index (χ1n) is 7.79. The van der Waals surface area contributed by atoms with Crippen LogP contribution in [0, 0.1) is 23.3 Å². The van der Waals surface area contributed by atoms with Crippen molar-refractivity contribution in [2.45, 2.75) is 19.4 Å². The fourth-order valence-corrected chi connectivity index (χ4v) is 3.21. The molecule has 9 heteroatoms. The summed E-state index contributed by atoms with van der Waals surface area (Å²) in [6.07, 6.45) is 0. The third-order valence-electron chi connectivity index (χ3n) is 3.91. The lowest BCUT2D eigenvalue weighted by Gasteiger charge is -2.26. The van der Waals surface area contributed by atoms with Gasteiger partial charge in [-0.05, 0) is 48.0 Å². The van der Waals surface area contributed by atoms with Gasteiger partial charge in [-0.1, -0.05) is 0 Å². The van der Waals surface area contributed by atoms with E-state index in [1.54, 1.807) is 25.5 Å². The number of halogens is 5. The SMILES string of the molecule is Cn1c(-c2ccc(F)cc2Br)nnc1C(C)(C)Oc1c(F)cc(F)cc1F. The first-order valence-corrected chi connectivity index (χ1v) is 8.58. The average Bonchev–Trinajstić information content (AvgIpc) is 2.93. The molecule has 27 heavy (non-hydrogen) atoms. The molecule has 3 rings (SSSR count). The van der Waals surface area contributed by atoms with E-state index in [0.29, 0.717) is 28.0 Å². The van der Waals surface area contributed by atoms with Crippen molar-refractivity contribution >= 4 is 15.9 Å². The minimum atomic E-state index is -1.30. The fourth-order valence-electron chi connectivity index (χ4n) is 2.69. The molecule has 4 nitrogen and oxygen atoms in total. The Labute approximate surface area is 160 Å². The van der Waals surface area contributed by atoms with E-state index in [1.165, 1.54) is 18.2 Å². The lowest BCUT2D eigenvalue weighted by Crippen LogP contribution is -2.30. The molecule has 2 aromatic carbocycles. The van der Waals surface area contributed by atoms with Crippen LogP contribution in [0.4, 0.5) is 17.6 Å². The van der Waals surface area contributed by atoms with Crippen LogP contribution < -0.4 is 4.74 Å². The van der Waals surface area contributed by atoms with Gasteiger partial charge in [0, 0.05) is 29.2 Å². The van der Waals surface area contributed by atoms with Gasteiger partial charge in [-0.2, -0.15) is 0 Å². The van der Waals surface area contributed by atoms with Gasteiger partial charge in [0.15, 0.2) is 34.6 Å². The highest BCUT2D eigenvalue weighted by Gasteiger charge is 2.32. The molecule has 142 valence electrons. The minimum absolute atomic E-state index is 0.261. The Hall–Kier alpha value is -2.42. The van der Waals surface area contributed by atoms with Crippen LogP contribution in [0.1, 0.15) is 19.7 Å². The standard InChI is InChI=1S/C18H14BrF4N3O/c1-18(2,27-15-13(22)7-10(21)8-14(15)23)17-25-24-16(26(17)3)11-5-4-9(20)6-12(11)19/h4-8H,1-3H3. The summed E-state index contributed by atoms with van der Waals surface area (Å²) in [4.78, 5) is 0. The van der Waals surface area contributed by atoms with Crippen molar-refractivity contribution in [3.63, 3.8) is 0 Å². The molecular formula is C18H14BrF4N3O. The molecule has 3 aromatic rings. The zero-order valence-corrected chi connectivity index (χ0v) is 16.1. The summed E-state index contributed by atoms with van der Waals surface area (Å²) >= 11 is 3.27. The maximum atomic E-state index is 13.9. The molecule has 0 amide bonds. The number of ether oxygens (including phenoxy) is 1. The minimum Gasteiger partial charge on any atom is -0.474 e. The maximum absolute atomic E-state index is 13.9. The highest BCUT2D eigenvalue weighted by molar-refractivity contribution is 9.10. The number of nitrogens with zero attached hydrogens (tertiary/aromatic N) is 3. The van der Waals surface area contributed by atoms with Gasteiger partial charge in [0.05, 0.1) is 0 Å². The lowest BCUT2D eigenvalue weighted by molar-refractivity contribution is 0.0833. The fraction of sp³-hybridized carbons (Fsp3) is 0.222. The normalized spacial score (nSPS) is 11.7. The van der Waals surface area contributed by atoms with Gasteiger partial charge in [0.25, 0.3) is 0 Å². The van der Waals surface area contributed by atoms with Gasteiger partial charge in [-0.3, -0.25) is 0 Å². The predicted octanol–water partition coefficient (Wildman–Crippen LogP) is 5.12. The summed E-state index contributed by atoms with van der Waals surface area (Å²) in [5.41, 5.74) is -0.723. The predicted molar refractivity (Wildman–Crippen MR) is 94.1 cm³/mol. The van der Waals surface area contributed by atoms with E-state index in [0.717, 1.165) is 0 Å². The smallest absolute Gasteiger partial charge is 0.192 e. The topological polar surface area (TPSA) is 39.9 Å². The third-order valence-corrected chi connectivity index (χ3v) is 4.56. The molecule has 0 aliphatic carbocycles. The summed E-state index contributed by atoms with van der Waals surface area (Å²) in [6.45, 7) is 3.09. The van der Waals surface area contributed by atoms with E-state index in [2.05, 4.69) is 26.1 Å². The van der Waals surface area contributed by atoms with Crippen LogP contribution in [-0.4, -0.2) is 14.8 Å². The summed E-state index contributed by atoms with van der Waals surface area (Å²) in [5, 5.41) is 8.13. The Morgan fingerprint density at radius 2 is 1.59 bits per heavy atom. The van der Waals surface area contributed by atoms with Gasteiger partial charge in [-0.25, -0.2) is 17.6 Å². The second-order valence-corrected chi connectivity index (χ2v) is 7.20. The molecule has 0 aliphatic rings. The molecule has 0 bridgehead atoms. The van der Waals surface area contributed by atoms with Crippen molar-refractivity contribution in [3.8, 4) is 17.1 Å². The summed E-state index contributed by atoms with van der Waals surface area (Å²) in [6, 6.07) is 5.16. The van der Waals surface area contributed by atoms with Crippen molar-refractivity contribution in [3.05, 3.63) is 63.9 Å². The van der Waals surface area contributed by atoms with Crippen molar-refractivity contribution in [2.75, 3.05) is 0 Å². The van der Waals surface area contributed by atoms with Crippen molar-refractivity contribution in [1.29, 1.82) is 0 Å². The Kier molecular flexibility index (Phi) is 4.98. The van der Waals surface area contributed by atoms with Gasteiger partial charge < -0.3 is 9.30 Å². The molecule has 0 radical (unpaired) electrons. The first-order chi connectivity index (χ1) is 12.6. The molecule has 0 unspecified atom stereocenters. The summed E-state index contributed by atoms with van der Waals surface area (Å²) in [5.74, 6) is -3.84. The van der Waals surface area contributed by atoms with Crippen molar-refractivity contribution in [2.24, 2.45) is 7.05 Å². The second-order valence-electron chi connectivity index (χ2n) is 6.34. The average molecular weight is 444 g/mol. The van der Waals surface area contributed by atoms with E-state index < -0.39 is 34.6 Å². The van der Waals surface area contributed by atoms with E-state index in [4.69, 9.17) is 4.74 Å². The van der Waals surface area contributed by atoms with Crippen LogP contribution in [0.3, 0.4) is 0 Å². The molecule has 0 N–H and O–H groups in total. The Morgan fingerprint density at radius 3 is 2.19 bits per heavy atom. The monoisotopic (exact) mass is 443 g/mol. The summed E-state index contributed by atoms with van der Waals surface area (Å²) in [7, 11) is 1.64. The van der Waals surface area contributed by atoms with Gasteiger partial charge in [0.2, 0.25) is 0 Å². The van der Waals surface area contributed by atoms with E-state index in [9.17, 15) is 17.6 Å². The number of aromatic nitrogens is 3. The van der Waals surface area contributed by atoms with Crippen molar-refractivity contribution in [1.82, 2.24) is 14.8 Å². The number of hydrogen-bond donors (Lipinski definition) is 0. The molecule has 0 atom stereocenters. The lowest BCUT2D eigenvalue weighted by atomic mass is 10.1.